The van der Waals surface area contributed by atoms with Gasteiger partial charge in [-0.2, -0.15) is 5.10 Å². The van der Waals surface area contributed by atoms with Crippen molar-refractivity contribution in [2.24, 2.45) is 17.8 Å². The maximum Gasteiger partial charge on any atom is 0.225 e. The Morgan fingerprint density at radius 1 is 1.38 bits per heavy atom. The minimum atomic E-state index is -0.353. The van der Waals surface area contributed by atoms with E-state index in [9.17, 15) is 9.18 Å². The molecule has 0 saturated heterocycles. The second-order valence-corrected chi connectivity index (χ2v) is 8.12. The number of aryl methyl sites for hydroxylation is 1. The van der Waals surface area contributed by atoms with Gasteiger partial charge < -0.3 is 5.32 Å². The molecule has 0 spiro atoms. The Morgan fingerprint density at radius 3 is 2.92 bits per heavy atom. The zero-order valence-corrected chi connectivity index (χ0v) is 15.6. The molecule has 4 nitrogen and oxygen atoms in total. The molecule has 2 aromatic rings. The van der Waals surface area contributed by atoms with Crippen LogP contribution in [0.2, 0.25) is 5.02 Å². The van der Waals surface area contributed by atoms with Crippen molar-refractivity contribution in [3.05, 3.63) is 46.4 Å². The minimum Gasteiger partial charge on any atom is -0.309 e. The Bertz CT molecular complexity index is 814. The van der Waals surface area contributed by atoms with Gasteiger partial charge in [0.25, 0.3) is 0 Å². The third-order valence-corrected chi connectivity index (χ3v) is 6.30. The number of nitrogens with one attached hydrogen (secondary N) is 1. The van der Waals surface area contributed by atoms with E-state index in [1.807, 2.05) is 13.0 Å². The highest BCUT2D eigenvalue weighted by Gasteiger charge is 2.40. The van der Waals surface area contributed by atoms with Crippen LogP contribution in [0.5, 0.6) is 0 Å². The molecular weight excluding hydrogens is 353 g/mol. The molecule has 1 heterocycles. The Kier molecular flexibility index (Phi) is 4.74. The summed E-state index contributed by atoms with van der Waals surface area (Å²) in [7, 11) is 0. The monoisotopic (exact) mass is 375 g/mol. The topological polar surface area (TPSA) is 46.9 Å². The lowest BCUT2D eigenvalue weighted by molar-refractivity contribution is -0.117. The maximum absolute atomic E-state index is 14.0. The summed E-state index contributed by atoms with van der Waals surface area (Å²) < 4.78 is 15.7. The van der Waals surface area contributed by atoms with Gasteiger partial charge in [-0.3, -0.25) is 9.48 Å². The summed E-state index contributed by atoms with van der Waals surface area (Å²) in [6, 6.07) is 6.45. The number of amides is 1. The van der Waals surface area contributed by atoms with Crippen LogP contribution >= 0.6 is 11.6 Å². The van der Waals surface area contributed by atoms with E-state index < -0.39 is 0 Å². The minimum absolute atomic E-state index is 0.0242. The van der Waals surface area contributed by atoms with E-state index in [1.165, 1.54) is 31.7 Å². The smallest absolute Gasteiger partial charge is 0.225 e. The summed E-state index contributed by atoms with van der Waals surface area (Å²) in [6.45, 7) is 2.12. The second-order valence-electron chi connectivity index (χ2n) is 7.72. The van der Waals surface area contributed by atoms with Gasteiger partial charge in [0.1, 0.15) is 5.82 Å². The van der Waals surface area contributed by atoms with Gasteiger partial charge in [0.05, 0.1) is 6.54 Å². The largest absolute Gasteiger partial charge is 0.309 e. The normalized spacial score (nSPS) is 24.2. The van der Waals surface area contributed by atoms with Crippen LogP contribution in [0.15, 0.2) is 24.3 Å². The molecule has 6 heteroatoms. The number of nitrogens with zero attached hydrogens (tertiary/aromatic N) is 2. The maximum atomic E-state index is 14.0. The summed E-state index contributed by atoms with van der Waals surface area (Å²) in [5.74, 6) is 2.28. The van der Waals surface area contributed by atoms with Crippen molar-refractivity contribution < 1.29 is 9.18 Å². The summed E-state index contributed by atoms with van der Waals surface area (Å²) in [5, 5.41) is 7.69. The third kappa shape index (κ3) is 3.50. The molecule has 1 N–H and O–H groups in total. The van der Waals surface area contributed by atoms with Crippen LogP contribution in [0.1, 0.15) is 43.4 Å². The first-order chi connectivity index (χ1) is 12.5. The first-order valence-corrected chi connectivity index (χ1v) is 9.64. The molecule has 3 unspecified atom stereocenters. The Balaban J connectivity index is 1.41. The van der Waals surface area contributed by atoms with Gasteiger partial charge in [-0.05, 0) is 56.1 Å². The van der Waals surface area contributed by atoms with Crippen LogP contribution in [0.4, 0.5) is 10.2 Å². The van der Waals surface area contributed by atoms with Crippen LogP contribution in [-0.2, 0) is 11.3 Å². The van der Waals surface area contributed by atoms with Crippen molar-refractivity contribution in [3.8, 4) is 0 Å². The van der Waals surface area contributed by atoms with Crippen LogP contribution in [0, 0.1) is 30.5 Å². The van der Waals surface area contributed by atoms with Gasteiger partial charge in [0, 0.05) is 28.8 Å². The summed E-state index contributed by atoms with van der Waals surface area (Å²) >= 11 is 6.10. The van der Waals surface area contributed by atoms with Crippen molar-refractivity contribution in [1.82, 2.24) is 9.78 Å². The van der Waals surface area contributed by atoms with Crippen molar-refractivity contribution in [2.75, 3.05) is 5.32 Å². The SMILES string of the molecule is Cc1cc(NC(=O)CC2CC3CCC2C3)nn1Cc1c(F)cccc1Cl. The molecule has 1 aromatic carbocycles. The van der Waals surface area contributed by atoms with Crippen LogP contribution < -0.4 is 5.32 Å². The highest BCUT2D eigenvalue weighted by atomic mass is 35.5. The van der Waals surface area contributed by atoms with Gasteiger partial charge >= 0.3 is 0 Å². The first-order valence-electron chi connectivity index (χ1n) is 9.27. The van der Waals surface area contributed by atoms with Crippen molar-refractivity contribution >= 4 is 23.3 Å². The molecule has 2 bridgehead atoms. The van der Waals surface area contributed by atoms with E-state index >= 15 is 0 Å². The molecule has 1 aromatic heterocycles. The second kappa shape index (κ2) is 7.03. The average molecular weight is 376 g/mol. The fourth-order valence-electron chi connectivity index (χ4n) is 4.62. The number of benzene rings is 1. The van der Waals surface area contributed by atoms with Crippen molar-refractivity contribution in [2.45, 2.75) is 45.6 Å². The predicted octanol–water partition coefficient (Wildman–Crippen LogP) is 4.80. The molecular formula is C20H23ClFN3O. The number of anilines is 1. The number of hydrogen-bond donors (Lipinski definition) is 1. The Hall–Kier alpha value is -1.88. The van der Waals surface area contributed by atoms with Gasteiger partial charge in [0.15, 0.2) is 5.82 Å². The van der Waals surface area contributed by atoms with Crippen LogP contribution in [0.25, 0.3) is 0 Å². The fourth-order valence-corrected chi connectivity index (χ4v) is 4.85. The van der Waals surface area contributed by atoms with Gasteiger partial charge in [-0.25, -0.2) is 4.39 Å². The van der Waals surface area contributed by atoms with E-state index in [-0.39, 0.29) is 18.3 Å². The molecule has 2 aliphatic rings. The van der Waals surface area contributed by atoms with Crippen molar-refractivity contribution in [1.29, 1.82) is 0 Å². The number of rotatable bonds is 5. The summed E-state index contributed by atoms with van der Waals surface area (Å²) in [4.78, 5) is 12.4. The first kappa shape index (κ1) is 17.5. The van der Waals surface area contributed by atoms with Crippen LogP contribution in [-0.4, -0.2) is 15.7 Å². The average Bonchev–Trinajstić information content (AvgIpc) is 3.27. The molecule has 0 radical (unpaired) electrons. The highest BCUT2D eigenvalue weighted by Crippen LogP contribution is 2.49. The fraction of sp³-hybridized carbons (Fsp3) is 0.500. The number of carbonyl (C=O) groups excluding carboxylic acids is 1. The Morgan fingerprint density at radius 2 is 2.23 bits per heavy atom. The van der Waals surface area contributed by atoms with E-state index in [0.717, 1.165) is 17.5 Å². The zero-order chi connectivity index (χ0) is 18.3. The quantitative estimate of drug-likeness (QED) is 0.816. The van der Waals surface area contributed by atoms with Gasteiger partial charge in [-0.15, -0.1) is 0 Å². The Labute approximate surface area is 157 Å². The molecule has 1 amide bonds. The number of carbonyl (C=O) groups is 1. The highest BCUT2D eigenvalue weighted by molar-refractivity contribution is 6.31. The predicted molar refractivity (Wildman–Crippen MR) is 99.7 cm³/mol. The van der Waals surface area contributed by atoms with E-state index in [0.29, 0.717) is 28.7 Å². The van der Waals surface area contributed by atoms with Crippen molar-refractivity contribution in [3.63, 3.8) is 0 Å². The molecule has 0 aliphatic heterocycles. The van der Waals surface area contributed by atoms with Gasteiger partial charge in [-0.1, -0.05) is 24.1 Å². The van der Waals surface area contributed by atoms with E-state index in [4.69, 9.17) is 11.6 Å². The number of halogens is 2. The molecule has 3 atom stereocenters. The number of hydrogen-bond acceptors (Lipinski definition) is 2. The molecule has 26 heavy (non-hydrogen) atoms. The number of fused-ring (bicyclic) bond motifs is 2. The summed E-state index contributed by atoms with van der Waals surface area (Å²) in [5.41, 5.74) is 1.25. The molecule has 2 fully saturated rings. The number of aromatic nitrogens is 2. The molecule has 2 aliphatic carbocycles. The lowest BCUT2D eigenvalue weighted by Gasteiger charge is -2.20. The third-order valence-electron chi connectivity index (χ3n) is 5.95. The van der Waals surface area contributed by atoms with E-state index in [1.54, 1.807) is 16.8 Å². The zero-order valence-electron chi connectivity index (χ0n) is 14.8. The van der Waals surface area contributed by atoms with Gasteiger partial charge in [0.2, 0.25) is 5.91 Å². The lowest BCUT2D eigenvalue weighted by atomic mass is 9.86. The lowest BCUT2D eigenvalue weighted by Crippen LogP contribution is -2.20. The summed E-state index contributed by atoms with van der Waals surface area (Å²) in [6.07, 6.45) is 5.68. The molecule has 138 valence electrons. The van der Waals surface area contributed by atoms with Crippen LogP contribution in [0.3, 0.4) is 0 Å². The standard InChI is InChI=1S/C20H23ClFN3O/c1-12-7-19(23-20(26)10-15-9-13-5-6-14(15)8-13)24-25(12)11-16-17(21)3-2-4-18(16)22/h2-4,7,13-15H,5-6,8-11H2,1H3,(H,23,24,26). The molecule has 2 saturated carbocycles. The van der Waals surface area contributed by atoms with E-state index in [2.05, 4.69) is 10.4 Å². The molecule has 4 rings (SSSR count).